The van der Waals surface area contributed by atoms with Crippen molar-refractivity contribution >= 4 is 17.0 Å². The van der Waals surface area contributed by atoms with Crippen molar-refractivity contribution in [3.05, 3.63) is 35.4 Å². The molecular formula is C20H22F3N9O. The number of fused-ring (bicyclic) bond motifs is 1. The molecule has 174 valence electrons. The monoisotopic (exact) mass is 461 g/mol. The smallest absolute Gasteiger partial charge is 0.391 e. The van der Waals surface area contributed by atoms with Crippen molar-refractivity contribution < 1.29 is 18.3 Å². The molecular weight excluding hydrogens is 439 g/mol. The van der Waals surface area contributed by atoms with Crippen LogP contribution in [0.15, 0.2) is 28.6 Å². The molecule has 13 heteroatoms. The highest BCUT2D eigenvalue weighted by atomic mass is 19.4. The number of β-amino-alcohol motifs (C(OH)–C–C–N with tert-alkyl or cyclic N) is 1. The lowest BCUT2D eigenvalue weighted by molar-refractivity contribution is -0.166. The largest absolute Gasteiger partial charge is 0.442 e. The van der Waals surface area contributed by atoms with Gasteiger partial charge in [-0.3, -0.25) is 4.98 Å². The fourth-order valence-corrected chi connectivity index (χ4v) is 3.84. The molecule has 1 fully saturated rings. The first-order valence-corrected chi connectivity index (χ1v) is 10.5. The number of nitrogens with zero attached hydrogens (tertiary/aromatic N) is 9. The topological polar surface area (TPSA) is 118 Å². The number of alkyl halides is 3. The number of hydrogen-bond acceptors (Lipinski definition) is 9. The maximum absolute atomic E-state index is 13.6. The van der Waals surface area contributed by atoms with Gasteiger partial charge in [-0.05, 0) is 12.5 Å². The first-order chi connectivity index (χ1) is 15.5. The van der Waals surface area contributed by atoms with Gasteiger partial charge in [-0.2, -0.15) is 18.0 Å². The number of rotatable bonds is 4. The van der Waals surface area contributed by atoms with Gasteiger partial charge in [0.1, 0.15) is 12.4 Å². The maximum atomic E-state index is 13.6. The van der Waals surface area contributed by atoms with Gasteiger partial charge in [0.25, 0.3) is 0 Å². The summed E-state index contributed by atoms with van der Waals surface area (Å²) in [5, 5.41) is 25.5. The Labute approximate surface area is 186 Å². The first kappa shape index (κ1) is 21.6. The second-order valence-corrected chi connectivity index (χ2v) is 9.28. The molecule has 5 heterocycles. The SMILES string of the molecule is CC(C)(C)c1nc(N2CC[C@H](O)C2)c2nn(Cc3ncccc3C3(C(F)(F)F)N=N3)nc2n1. The van der Waals surface area contributed by atoms with E-state index in [1.807, 2.05) is 25.7 Å². The van der Waals surface area contributed by atoms with E-state index in [2.05, 4.69) is 30.4 Å². The van der Waals surface area contributed by atoms with Crippen LogP contribution in [0.1, 0.15) is 44.3 Å². The summed E-state index contributed by atoms with van der Waals surface area (Å²) in [6.07, 6.45) is -3.12. The highest BCUT2D eigenvalue weighted by Gasteiger charge is 2.66. The number of anilines is 1. The van der Waals surface area contributed by atoms with E-state index in [4.69, 9.17) is 4.98 Å². The van der Waals surface area contributed by atoms with Crippen LogP contribution in [0.5, 0.6) is 0 Å². The molecule has 0 aliphatic carbocycles. The highest BCUT2D eigenvalue weighted by molar-refractivity contribution is 5.82. The summed E-state index contributed by atoms with van der Waals surface area (Å²) in [6.45, 7) is 6.80. The van der Waals surface area contributed by atoms with Crippen molar-refractivity contribution in [1.29, 1.82) is 0 Å². The molecule has 0 spiro atoms. The molecule has 10 nitrogen and oxygen atoms in total. The van der Waals surface area contributed by atoms with Crippen LogP contribution in [0, 0.1) is 0 Å². The van der Waals surface area contributed by atoms with Gasteiger partial charge in [0.05, 0.1) is 11.8 Å². The van der Waals surface area contributed by atoms with Crippen molar-refractivity contribution in [3.8, 4) is 0 Å². The summed E-state index contributed by atoms with van der Waals surface area (Å²) in [4.78, 5) is 16.6. The number of aliphatic hydroxyl groups excluding tert-OH is 1. The van der Waals surface area contributed by atoms with Gasteiger partial charge in [-0.25, -0.2) is 9.97 Å². The Kier molecular flexibility index (Phi) is 4.68. The van der Waals surface area contributed by atoms with Gasteiger partial charge in [0, 0.05) is 30.3 Å². The van der Waals surface area contributed by atoms with Crippen molar-refractivity contribution in [3.63, 3.8) is 0 Å². The predicted octanol–water partition coefficient (Wildman–Crippen LogP) is 2.71. The lowest BCUT2D eigenvalue weighted by Crippen LogP contribution is -2.32. The minimum absolute atomic E-state index is 0.113. The van der Waals surface area contributed by atoms with Crippen LogP contribution >= 0.6 is 0 Å². The van der Waals surface area contributed by atoms with E-state index in [0.29, 0.717) is 42.3 Å². The Bertz CT molecular complexity index is 1240. The van der Waals surface area contributed by atoms with E-state index in [-0.39, 0.29) is 23.2 Å². The van der Waals surface area contributed by atoms with Gasteiger partial charge in [0.2, 0.25) is 5.65 Å². The summed E-state index contributed by atoms with van der Waals surface area (Å²) in [6, 6.07) is 2.73. The Morgan fingerprint density at radius 2 is 1.91 bits per heavy atom. The molecule has 2 aliphatic heterocycles. The summed E-state index contributed by atoms with van der Waals surface area (Å²) in [5.74, 6) is 1.11. The van der Waals surface area contributed by atoms with Gasteiger partial charge in [-0.1, -0.05) is 26.8 Å². The van der Waals surface area contributed by atoms with Crippen LogP contribution in [0.2, 0.25) is 0 Å². The number of hydrogen-bond donors (Lipinski definition) is 1. The van der Waals surface area contributed by atoms with Gasteiger partial charge in [0.15, 0.2) is 11.3 Å². The van der Waals surface area contributed by atoms with Crippen LogP contribution in [0.3, 0.4) is 0 Å². The zero-order valence-corrected chi connectivity index (χ0v) is 18.2. The zero-order valence-electron chi connectivity index (χ0n) is 18.2. The van der Waals surface area contributed by atoms with Crippen LogP contribution < -0.4 is 4.90 Å². The summed E-state index contributed by atoms with van der Waals surface area (Å²) < 4.78 is 40.8. The minimum atomic E-state index is -4.66. The first-order valence-electron chi connectivity index (χ1n) is 10.5. The molecule has 1 N–H and O–H groups in total. The van der Waals surface area contributed by atoms with Crippen molar-refractivity contribution in [2.45, 2.75) is 57.1 Å². The van der Waals surface area contributed by atoms with Gasteiger partial charge < -0.3 is 10.0 Å². The van der Waals surface area contributed by atoms with E-state index in [1.165, 1.54) is 23.1 Å². The lowest BCUT2D eigenvalue weighted by Gasteiger charge is -2.21. The van der Waals surface area contributed by atoms with Crippen LogP contribution in [-0.4, -0.2) is 60.4 Å². The Morgan fingerprint density at radius 1 is 1.15 bits per heavy atom. The molecule has 0 saturated carbocycles. The molecule has 0 amide bonds. The molecule has 2 aliphatic rings. The Morgan fingerprint density at radius 3 is 2.52 bits per heavy atom. The lowest BCUT2D eigenvalue weighted by atomic mass is 9.96. The third-order valence-corrected chi connectivity index (χ3v) is 5.66. The van der Waals surface area contributed by atoms with Crippen molar-refractivity contribution in [1.82, 2.24) is 29.9 Å². The minimum Gasteiger partial charge on any atom is -0.391 e. The quantitative estimate of drug-likeness (QED) is 0.635. The summed E-state index contributed by atoms with van der Waals surface area (Å²) in [5.41, 5.74) is -2.24. The molecule has 1 saturated heterocycles. The average molecular weight is 461 g/mol. The number of aromatic nitrogens is 6. The molecule has 3 aromatic heterocycles. The number of halogens is 3. The predicted molar refractivity (Wildman–Crippen MR) is 111 cm³/mol. The molecule has 0 bridgehead atoms. The standard InChI is InChI=1S/C20H22F3N9O/c1-18(2,3)17-25-15-14(16(26-17)31-8-6-11(33)9-31)27-32(28-15)10-13-12(5-4-7-24-13)19(29-30-19)20(21,22)23/h4-5,7,11,33H,6,8-10H2,1-3H3/t11-/m0/s1. The van der Waals surface area contributed by atoms with Gasteiger partial charge in [-0.15, -0.1) is 20.4 Å². The average Bonchev–Trinajstić information content (AvgIpc) is 3.29. The fourth-order valence-electron chi connectivity index (χ4n) is 3.84. The van der Waals surface area contributed by atoms with Crippen molar-refractivity contribution in [2.24, 2.45) is 10.2 Å². The van der Waals surface area contributed by atoms with Crippen LogP contribution in [0.25, 0.3) is 11.2 Å². The molecule has 3 aromatic rings. The van der Waals surface area contributed by atoms with Crippen molar-refractivity contribution in [2.75, 3.05) is 18.0 Å². The number of pyridine rings is 1. The third kappa shape index (κ3) is 3.69. The van der Waals surface area contributed by atoms with E-state index in [9.17, 15) is 18.3 Å². The van der Waals surface area contributed by atoms with Crippen LogP contribution in [0.4, 0.5) is 19.0 Å². The van der Waals surface area contributed by atoms with Gasteiger partial charge >= 0.3 is 11.8 Å². The Hall–Kier alpha value is -3.22. The summed E-state index contributed by atoms with van der Waals surface area (Å²) in [7, 11) is 0. The molecule has 5 rings (SSSR count). The molecule has 0 unspecified atom stereocenters. The second-order valence-electron chi connectivity index (χ2n) is 9.28. The fraction of sp³-hybridized carbons (Fsp3) is 0.550. The van der Waals surface area contributed by atoms with E-state index in [0.717, 1.165) is 0 Å². The van der Waals surface area contributed by atoms with E-state index < -0.39 is 17.9 Å². The molecule has 1 atom stereocenters. The van der Waals surface area contributed by atoms with E-state index >= 15 is 0 Å². The second kappa shape index (κ2) is 7.14. The Balaban J connectivity index is 1.56. The maximum Gasteiger partial charge on any atom is 0.442 e. The molecule has 33 heavy (non-hydrogen) atoms. The summed E-state index contributed by atoms with van der Waals surface area (Å²) >= 11 is 0. The molecule has 0 aromatic carbocycles. The van der Waals surface area contributed by atoms with E-state index in [1.54, 1.807) is 0 Å². The third-order valence-electron chi connectivity index (χ3n) is 5.66. The highest BCUT2D eigenvalue weighted by Crippen LogP contribution is 2.53. The number of aliphatic hydroxyl groups is 1. The molecule has 0 radical (unpaired) electrons. The zero-order chi connectivity index (χ0) is 23.6. The normalized spacial score (nSPS) is 20.1. The van der Waals surface area contributed by atoms with Crippen LogP contribution in [-0.2, 0) is 17.6 Å².